The molecule has 0 saturated heterocycles. The molecule has 0 aliphatic heterocycles. The van der Waals surface area contributed by atoms with Crippen LogP contribution in [0, 0.1) is 12.8 Å². The molecule has 0 bridgehead atoms. The second-order valence-electron chi connectivity index (χ2n) is 5.98. The first-order valence-electron chi connectivity index (χ1n) is 7.76. The molecule has 7 heteroatoms. The Hall–Kier alpha value is -2.54. The zero-order valence-electron chi connectivity index (χ0n) is 13.8. The lowest BCUT2D eigenvalue weighted by atomic mass is 10.1. The van der Waals surface area contributed by atoms with Crippen LogP contribution in [0.3, 0.4) is 0 Å². The molecular weight excluding hydrogens is 322 g/mol. The molecule has 0 unspecified atom stereocenters. The third-order valence-corrected chi connectivity index (χ3v) is 4.51. The van der Waals surface area contributed by atoms with E-state index in [1.54, 1.807) is 18.6 Å². The number of nitrogens with one attached hydrogen (secondary N) is 2. The molecule has 0 atom stereocenters. The quantitative estimate of drug-likeness (QED) is 0.741. The number of rotatable bonds is 5. The van der Waals surface area contributed by atoms with Gasteiger partial charge in [-0.1, -0.05) is 19.9 Å². The summed E-state index contributed by atoms with van der Waals surface area (Å²) < 4.78 is 0. The summed E-state index contributed by atoms with van der Waals surface area (Å²) in [6, 6.07) is 3.79. The zero-order valence-corrected chi connectivity index (χ0v) is 14.6. The topological polar surface area (TPSA) is 83.6 Å². The number of aromatic amines is 1. The fourth-order valence-electron chi connectivity index (χ4n) is 2.41. The van der Waals surface area contributed by atoms with E-state index >= 15 is 0 Å². The Bertz CT molecular complexity index is 838. The highest BCUT2D eigenvalue weighted by Gasteiger charge is 2.17. The van der Waals surface area contributed by atoms with Crippen LogP contribution in [0.15, 0.2) is 30.7 Å². The second kappa shape index (κ2) is 6.92. The molecule has 0 spiro atoms. The Kier molecular flexibility index (Phi) is 4.71. The lowest BCUT2D eigenvalue weighted by Crippen LogP contribution is -2.11. The Morgan fingerprint density at radius 1 is 1.38 bits per heavy atom. The number of nitrogens with zero attached hydrogens (tertiary/aromatic N) is 3. The molecule has 3 aromatic rings. The van der Waals surface area contributed by atoms with Crippen LogP contribution in [-0.4, -0.2) is 26.1 Å². The number of carbonyl (C=O) groups excluding carboxylic acids is 1. The summed E-state index contributed by atoms with van der Waals surface area (Å²) in [5, 5.41) is 11.0. The predicted octanol–water partition coefficient (Wildman–Crippen LogP) is 3.69. The minimum atomic E-state index is -0.195. The molecule has 0 aliphatic carbocycles. The van der Waals surface area contributed by atoms with Crippen LogP contribution in [0.2, 0.25) is 0 Å². The maximum absolute atomic E-state index is 12.5. The van der Waals surface area contributed by atoms with Gasteiger partial charge in [-0.3, -0.25) is 14.9 Å². The molecule has 2 N–H and O–H groups in total. The number of pyridine rings is 1. The van der Waals surface area contributed by atoms with Crippen molar-refractivity contribution in [2.75, 3.05) is 5.32 Å². The molecule has 1 amide bonds. The zero-order chi connectivity index (χ0) is 17.1. The fraction of sp³-hybridized carbons (Fsp3) is 0.294. The number of hydrogen-bond acceptors (Lipinski definition) is 5. The Labute approximate surface area is 144 Å². The number of carbonyl (C=O) groups is 1. The molecule has 3 aromatic heterocycles. The van der Waals surface area contributed by atoms with Crippen LogP contribution in [-0.2, 0) is 6.42 Å². The third-order valence-electron chi connectivity index (χ3n) is 3.49. The van der Waals surface area contributed by atoms with E-state index in [4.69, 9.17) is 0 Å². The number of aryl methyl sites for hydroxylation is 1. The van der Waals surface area contributed by atoms with Gasteiger partial charge in [-0.2, -0.15) is 5.10 Å². The SMILES string of the molecule is Cc1[nH]nc(NC(=O)c2cnc(CC(C)C)s2)c1-c1cccnc1. The standard InChI is InChI=1S/C17H19N5OS/c1-10(2)7-14-19-9-13(24-14)17(23)20-16-15(11(3)21-22-16)12-5-4-6-18-8-12/h4-6,8-10H,7H2,1-3H3,(H2,20,21,22,23). The maximum atomic E-state index is 12.5. The highest BCUT2D eigenvalue weighted by molar-refractivity contribution is 7.13. The second-order valence-corrected chi connectivity index (χ2v) is 7.10. The molecule has 0 aromatic carbocycles. The molecule has 3 rings (SSSR count). The largest absolute Gasteiger partial charge is 0.304 e. The van der Waals surface area contributed by atoms with E-state index in [-0.39, 0.29) is 5.91 Å². The van der Waals surface area contributed by atoms with Crippen molar-refractivity contribution in [3.63, 3.8) is 0 Å². The molecular formula is C17H19N5OS. The smallest absolute Gasteiger partial charge is 0.268 e. The van der Waals surface area contributed by atoms with E-state index in [1.807, 2.05) is 19.1 Å². The van der Waals surface area contributed by atoms with Crippen LogP contribution in [0.5, 0.6) is 0 Å². The Morgan fingerprint density at radius 2 is 2.21 bits per heavy atom. The highest BCUT2D eigenvalue weighted by Crippen LogP contribution is 2.29. The molecule has 0 fully saturated rings. The monoisotopic (exact) mass is 341 g/mol. The highest BCUT2D eigenvalue weighted by atomic mass is 32.1. The summed E-state index contributed by atoms with van der Waals surface area (Å²) in [5.74, 6) is 0.821. The maximum Gasteiger partial charge on any atom is 0.268 e. The average molecular weight is 341 g/mol. The van der Waals surface area contributed by atoms with Crippen LogP contribution < -0.4 is 5.32 Å². The van der Waals surface area contributed by atoms with Gasteiger partial charge in [0.15, 0.2) is 5.82 Å². The molecule has 6 nitrogen and oxygen atoms in total. The fourth-order valence-corrected chi connectivity index (χ4v) is 3.44. The van der Waals surface area contributed by atoms with Crippen molar-refractivity contribution in [1.82, 2.24) is 20.2 Å². The van der Waals surface area contributed by atoms with E-state index in [0.29, 0.717) is 16.6 Å². The summed E-state index contributed by atoms with van der Waals surface area (Å²) in [6.45, 7) is 6.18. The van der Waals surface area contributed by atoms with E-state index in [0.717, 1.165) is 28.2 Å². The summed E-state index contributed by atoms with van der Waals surface area (Å²) >= 11 is 1.42. The normalized spacial score (nSPS) is 11.0. The number of amides is 1. The number of H-pyrrole nitrogens is 1. The van der Waals surface area contributed by atoms with Crippen molar-refractivity contribution >= 4 is 23.1 Å². The van der Waals surface area contributed by atoms with Crippen molar-refractivity contribution < 1.29 is 4.79 Å². The van der Waals surface area contributed by atoms with Gasteiger partial charge < -0.3 is 5.32 Å². The lowest BCUT2D eigenvalue weighted by molar-refractivity contribution is 0.103. The lowest BCUT2D eigenvalue weighted by Gasteiger charge is -2.04. The van der Waals surface area contributed by atoms with Gasteiger partial charge in [0.2, 0.25) is 0 Å². The number of thiazole rings is 1. The molecule has 0 saturated carbocycles. The van der Waals surface area contributed by atoms with Crippen molar-refractivity contribution in [3.8, 4) is 11.1 Å². The van der Waals surface area contributed by atoms with Gasteiger partial charge in [-0.05, 0) is 18.9 Å². The van der Waals surface area contributed by atoms with Crippen LogP contribution in [0.1, 0.15) is 34.2 Å². The minimum absolute atomic E-state index is 0.195. The molecule has 24 heavy (non-hydrogen) atoms. The number of aromatic nitrogens is 4. The minimum Gasteiger partial charge on any atom is -0.304 e. The first-order valence-corrected chi connectivity index (χ1v) is 8.57. The third kappa shape index (κ3) is 3.51. The molecule has 3 heterocycles. The van der Waals surface area contributed by atoms with Crippen molar-refractivity contribution in [2.24, 2.45) is 5.92 Å². The van der Waals surface area contributed by atoms with E-state index in [9.17, 15) is 4.79 Å². The van der Waals surface area contributed by atoms with Gasteiger partial charge in [0.1, 0.15) is 4.88 Å². The van der Waals surface area contributed by atoms with Crippen molar-refractivity contribution in [1.29, 1.82) is 0 Å². The van der Waals surface area contributed by atoms with Gasteiger partial charge in [-0.15, -0.1) is 11.3 Å². The van der Waals surface area contributed by atoms with E-state index in [1.165, 1.54) is 11.3 Å². The van der Waals surface area contributed by atoms with E-state index < -0.39 is 0 Å². The van der Waals surface area contributed by atoms with Crippen LogP contribution >= 0.6 is 11.3 Å². The summed E-state index contributed by atoms with van der Waals surface area (Å²) in [4.78, 5) is 21.5. The molecule has 0 radical (unpaired) electrons. The van der Waals surface area contributed by atoms with Crippen molar-refractivity contribution in [2.45, 2.75) is 27.2 Å². The number of anilines is 1. The summed E-state index contributed by atoms with van der Waals surface area (Å²) in [5.41, 5.74) is 2.63. The van der Waals surface area contributed by atoms with E-state index in [2.05, 4.69) is 39.3 Å². The molecule has 0 aliphatic rings. The van der Waals surface area contributed by atoms with Gasteiger partial charge in [0, 0.05) is 35.6 Å². The first-order chi connectivity index (χ1) is 11.5. The molecule has 124 valence electrons. The number of hydrogen-bond donors (Lipinski definition) is 2. The van der Waals surface area contributed by atoms with Crippen molar-refractivity contribution in [3.05, 3.63) is 46.3 Å². The first kappa shape index (κ1) is 16.3. The van der Waals surface area contributed by atoms with Crippen LogP contribution in [0.25, 0.3) is 11.1 Å². The average Bonchev–Trinajstić information content (AvgIpc) is 3.15. The van der Waals surface area contributed by atoms with Gasteiger partial charge in [0.05, 0.1) is 11.2 Å². The summed E-state index contributed by atoms with van der Waals surface area (Å²) in [6.07, 6.45) is 5.97. The van der Waals surface area contributed by atoms with Gasteiger partial charge in [-0.25, -0.2) is 4.98 Å². The predicted molar refractivity (Wildman–Crippen MR) is 95.2 cm³/mol. The van der Waals surface area contributed by atoms with Gasteiger partial charge in [0.25, 0.3) is 5.91 Å². The Morgan fingerprint density at radius 3 is 2.92 bits per heavy atom. The summed E-state index contributed by atoms with van der Waals surface area (Å²) in [7, 11) is 0. The van der Waals surface area contributed by atoms with Crippen LogP contribution in [0.4, 0.5) is 5.82 Å². The Balaban J connectivity index is 1.82. The van der Waals surface area contributed by atoms with Gasteiger partial charge >= 0.3 is 0 Å².